The number of nitrogens with two attached hydrogens (primary N) is 1. The van der Waals surface area contributed by atoms with Gasteiger partial charge in [0.25, 0.3) is 0 Å². The highest BCUT2D eigenvalue weighted by atomic mass is 16.5. The fourth-order valence-corrected chi connectivity index (χ4v) is 2.19. The Labute approximate surface area is 108 Å². The molecule has 0 spiro atoms. The van der Waals surface area contributed by atoms with Gasteiger partial charge in [-0.05, 0) is 31.9 Å². The third kappa shape index (κ3) is 3.40. The largest absolute Gasteiger partial charge is 0.480 e. The van der Waals surface area contributed by atoms with Gasteiger partial charge in [-0.3, -0.25) is 4.90 Å². The molecule has 5 nitrogen and oxygen atoms in total. The molecule has 18 heavy (non-hydrogen) atoms. The molecule has 0 aliphatic heterocycles. The molecule has 0 bridgehead atoms. The van der Waals surface area contributed by atoms with Crippen LogP contribution < -0.4 is 10.5 Å². The zero-order valence-corrected chi connectivity index (χ0v) is 11.0. The van der Waals surface area contributed by atoms with Gasteiger partial charge in [0, 0.05) is 25.2 Å². The molecule has 1 saturated carbocycles. The molecule has 1 fully saturated rings. The molecule has 0 saturated heterocycles. The van der Waals surface area contributed by atoms with E-state index in [9.17, 15) is 0 Å². The van der Waals surface area contributed by atoms with Gasteiger partial charge >= 0.3 is 0 Å². The van der Waals surface area contributed by atoms with Crippen LogP contribution in [0, 0.1) is 0 Å². The molecule has 2 N–H and O–H groups in total. The van der Waals surface area contributed by atoms with Crippen molar-refractivity contribution in [3.05, 3.63) is 17.8 Å². The van der Waals surface area contributed by atoms with E-state index in [-0.39, 0.29) is 0 Å². The minimum atomic E-state index is 0.566. The first-order valence-corrected chi connectivity index (χ1v) is 6.64. The average molecular weight is 250 g/mol. The van der Waals surface area contributed by atoms with E-state index < -0.39 is 0 Å². The molecule has 0 radical (unpaired) electrons. The van der Waals surface area contributed by atoms with Gasteiger partial charge in [-0.15, -0.1) is 5.10 Å². The van der Waals surface area contributed by atoms with Gasteiger partial charge in [0.2, 0.25) is 5.88 Å². The van der Waals surface area contributed by atoms with Crippen LogP contribution in [0.25, 0.3) is 0 Å². The summed E-state index contributed by atoms with van der Waals surface area (Å²) >= 11 is 0. The van der Waals surface area contributed by atoms with Crippen molar-refractivity contribution in [2.75, 3.05) is 20.2 Å². The van der Waals surface area contributed by atoms with Crippen molar-refractivity contribution in [3.63, 3.8) is 0 Å². The highest BCUT2D eigenvalue weighted by Crippen LogP contribution is 2.26. The molecule has 1 aliphatic carbocycles. The van der Waals surface area contributed by atoms with E-state index in [2.05, 4.69) is 15.1 Å². The lowest BCUT2D eigenvalue weighted by molar-refractivity contribution is 0.117. The highest BCUT2D eigenvalue weighted by Gasteiger charge is 2.24. The summed E-state index contributed by atoms with van der Waals surface area (Å²) in [5, 5.41) is 8.20. The first-order chi connectivity index (χ1) is 8.83. The summed E-state index contributed by atoms with van der Waals surface area (Å²) in [7, 11) is 1.60. The Balaban J connectivity index is 1.93. The monoisotopic (exact) mass is 250 g/mol. The topological polar surface area (TPSA) is 64.3 Å². The Morgan fingerprint density at radius 2 is 2.22 bits per heavy atom. The molecule has 2 rings (SSSR count). The summed E-state index contributed by atoms with van der Waals surface area (Å²) in [6.07, 6.45) is 4.99. The summed E-state index contributed by atoms with van der Waals surface area (Å²) < 4.78 is 5.02. The summed E-state index contributed by atoms with van der Waals surface area (Å²) in [4.78, 5) is 2.48. The number of aromatic nitrogens is 2. The van der Waals surface area contributed by atoms with Gasteiger partial charge in [0.1, 0.15) is 0 Å². The third-order valence-corrected chi connectivity index (χ3v) is 3.51. The van der Waals surface area contributed by atoms with Crippen molar-refractivity contribution in [1.29, 1.82) is 0 Å². The summed E-state index contributed by atoms with van der Waals surface area (Å²) in [6.45, 7) is 2.66. The van der Waals surface area contributed by atoms with Crippen molar-refractivity contribution in [3.8, 4) is 5.88 Å². The quantitative estimate of drug-likeness (QED) is 0.787. The fourth-order valence-electron chi connectivity index (χ4n) is 2.19. The van der Waals surface area contributed by atoms with Gasteiger partial charge in [0.05, 0.1) is 12.8 Å². The zero-order chi connectivity index (χ0) is 12.8. The van der Waals surface area contributed by atoms with E-state index in [0.717, 1.165) is 31.7 Å². The molecule has 1 heterocycles. The standard InChI is InChI=1S/C13H22N4O/c1-18-13-7-6-11(15-16-13)10-17(9-3-8-14)12-4-2-5-12/h6-7,12H,2-5,8-10,14H2,1H3. The Morgan fingerprint density at radius 3 is 2.72 bits per heavy atom. The van der Waals surface area contributed by atoms with Crippen molar-refractivity contribution >= 4 is 0 Å². The number of ether oxygens (including phenoxy) is 1. The third-order valence-electron chi connectivity index (χ3n) is 3.51. The van der Waals surface area contributed by atoms with Crippen LogP contribution >= 0.6 is 0 Å². The van der Waals surface area contributed by atoms with Crippen molar-refractivity contribution in [2.45, 2.75) is 38.3 Å². The van der Waals surface area contributed by atoms with Crippen LogP contribution in [-0.4, -0.2) is 41.3 Å². The minimum Gasteiger partial charge on any atom is -0.480 e. The number of methoxy groups -OCH3 is 1. The van der Waals surface area contributed by atoms with E-state index >= 15 is 0 Å². The van der Waals surface area contributed by atoms with Gasteiger partial charge in [-0.1, -0.05) is 6.42 Å². The van der Waals surface area contributed by atoms with Crippen molar-refractivity contribution < 1.29 is 4.74 Å². The van der Waals surface area contributed by atoms with Crippen LogP contribution in [0.5, 0.6) is 5.88 Å². The van der Waals surface area contributed by atoms with Crippen LogP contribution in [0.15, 0.2) is 12.1 Å². The van der Waals surface area contributed by atoms with Crippen LogP contribution in [0.4, 0.5) is 0 Å². The molecular formula is C13H22N4O. The molecular weight excluding hydrogens is 228 g/mol. The summed E-state index contributed by atoms with van der Waals surface area (Å²) in [6, 6.07) is 4.56. The second-order valence-corrected chi connectivity index (χ2v) is 4.76. The van der Waals surface area contributed by atoms with E-state index in [1.807, 2.05) is 12.1 Å². The Hall–Kier alpha value is -1.20. The minimum absolute atomic E-state index is 0.566. The first-order valence-electron chi connectivity index (χ1n) is 6.64. The van der Waals surface area contributed by atoms with Gasteiger partial charge in [-0.25, -0.2) is 0 Å². The predicted molar refractivity (Wildman–Crippen MR) is 70.3 cm³/mol. The number of nitrogens with zero attached hydrogens (tertiary/aromatic N) is 3. The molecule has 100 valence electrons. The lowest BCUT2D eigenvalue weighted by Crippen LogP contribution is -2.40. The number of hydrogen-bond acceptors (Lipinski definition) is 5. The molecule has 0 aromatic carbocycles. The second-order valence-electron chi connectivity index (χ2n) is 4.76. The van der Waals surface area contributed by atoms with Crippen LogP contribution in [0.2, 0.25) is 0 Å². The van der Waals surface area contributed by atoms with Crippen LogP contribution in [0.1, 0.15) is 31.4 Å². The Kier molecular flexibility index (Phi) is 4.90. The summed E-state index contributed by atoms with van der Waals surface area (Å²) in [5.41, 5.74) is 6.60. The number of rotatable bonds is 7. The predicted octanol–water partition coefficient (Wildman–Crippen LogP) is 1.19. The number of hydrogen-bond donors (Lipinski definition) is 1. The van der Waals surface area contributed by atoms with E-state index in [1.54, 1.807) is 7.11 Å². The maximum Gasteiger partial charge on any atom is 0.233 e. The maximum absolute atomic E-state index is 5.60. The Morgan fingerprint density at radius 1 is 1.39 bits per heavy atom. The lowest BCUT2D eigenvalue weighted by Gasteiger charge is -2.37. The Bertz CT molecular complexity index is 351. The van der Waals surface area contributed by atoms with Gasteiger partial charge in [-0.2, -0.15) is 5.10 Å². The molecule has 0 amide bonds. The first kappa shape index (κ1) is 13.2. The van der Waals surface area contributed by atoms with E-state index in [4.69, 9.17) is 10.5 Å². The molecule has 5 heteroatoms. The average Bonchev–Trinajstić information content (AvgIpc) is 2.34. The van der Waals surface area contributed by atoms with Crippen molar-refractivity contribution in [1.82, 2.24) is 15.1 Å². The maximum atomic E-state index is 5.60. The van der Waals surface area contributed by atoms with Crippen LogP contribution in [-0.2, 0) is 6.54 Å². The van der Waals surface area contributed by atoms with E-state index in [1.165, 1.54) is 19.3 Å². The van der Waals surface area contributed by atoms with E-state index in [0.29, 0.717) is 11.9 Å². The smallest absolute Gasteiger partial charge is 0.233 e. The molecule has 0 unspecified atom stereocenters. The molecule has 1 aromatic rings. The highest BCUT2D eigenvalue weighted by molar-refractivity contribution is 5.11. The molecule has 0 atom stereocenters. The van der Waals surface area contributed by atoms with Crippen LogP contribution in [0.3, 0.4) is 0 Å². The molecule has 1 aromatic heterocycles. The van der Waals surface area contributed by atoms with Gasteiger partial charge in [0.15, 0.2) is 0 Å². The molecule has 1 aliphatic rings. The SMILES string of the molecule is COc1ccc(CN(CCCN)C2CCC2)nn1. The van der Waals surface area contributed by atoms with Gasteiger partial charge < -0.3 is 10.5 Å². The van der Waals surface area contributed by atoms with Crippen molar-refractivity contribution in [2.24, 2.45) is 5.73 Å². The normalized spacial score (nSPS) is 15.7. The lowest BCUT2D eigenvalue weighted by atomic mass is 9.91. The summed E-state index contributed by atoms with van der Waals surface area (Å²) in [5.74, 6) is 0.566. The fraction of sp³-hybridized carbons (Fsp3) is 0.692. The zero-order valence-electron chi connectivity index (χ0n) is 11.0. The second kappa shape index (κ2) is 6.66.